The van der Waals surface area contributed by atoms with E-state index < -0.39 is 0 Å². The Bertz CT molecular complexity index is 588. The van der Waals surface area contributed by atoms with Crippen LogP contribution in [0.4, 0.5) is 0 Å². The minimum absolute atomic E-state index is 0.682. The van der Waals surface area contributed by atoms with Gasteiger partial charge in [-0.25, -0.2) is 4.98 Å². The molecule has 0 radical (unpaired) electrons. The molecule has 2 nitrogen and oxygen atoms in total. The van der Waals surface area contributed by atoms with Crippen LogP contribution in [-0.2, 0) is 12.2 Å². The Balaban J connectivity index is 2.06. The lowest BCUT2D eigenvalue weighted by Gasteiger charge is -2.05. The molecule has 0 aliphatic rings. The minimum atomic E-state index is 0.682. The summed E-state index contributed by atoms with van der Waals surface area (Å²) in [5.41, 5.74) is 2.47. The molecular weight excluding hydrogens is 272 g/mol. The van der Waals surface area contributed by atoms with Gasteiger partial charge in [0.1, 0.15) is 10.5 Å². The lowest BCUT2D eigenvalue weighted by atomic mass is 10.2. The van der Waals surface area contributed by atoms with Gasteiger partial charge >= 0.3 is 0 Å². The molecular formula is C15H18N2S2. The van der Waals surface area contributed by atoms with Crippen LogP contribution in [0, 0.1) is 11.6 Å². The van der Waals surface area contributed by atoms with Crippen molar-refractivity contribution in [3.05, 3.63) is 52.1 Å². The largest absolute Gasteiger partial charge is 0.346 e. The molecule has 0 atom stereocenters. The van der Waals surface area contributed by atoms with Gasteiger partial charge in [0.25, 0.3) is 0 Å². The quantitative estimate of drug-likeness (QED) is 0.639. The number of aromatic amines is 1. The Kier molecular flexibility index (Phi) is 5.16. The molecule has 4 heteroatoms. The van der Waals surface area contributed by atoms with Crippen LogP contribution in [0.3, 0.4) is 0 Å². The average Bonchev–Trinajstić information content (AvgIpc) is 2.38. The maximum absolute atomic E-state index is 5.21. The summed E-state index contributed by atoms with van der Waals surface area (Å²) in [5.74, 6) is 1.78. The molecule has 19 heavy (non-hydrogen) atoms. The number of hydrogen-bond acceptors (Lipinski definition) is 3. The number of hydrogen-bond donors (Lipinski definition) is 1. The van der Waals surface area contributed by atoms with Crippen molar-refractivity contribution >= 4 is 24.0 Å². The average molecular weight is 290 g/mol. The minimum Gasteiger partial charge on any atom is -0.346 e. The van der Waals surface area contributed by atoms with Crippen LogP contribution in [-0.4, -0.2) is 9.97 Å². The van der Waals surface area contributed by atoms with E-state index >= 15 is 0 Å². The van der Waals surface area contributed by atoms with Crippen LogP contribution in [0.25, 0.3) is 0 Å². The highest BCUT2D eigenvalue weighted by Crippen LogP contribution is 2.21. The molecule has 100 valence electrons. The number of rotatable bonds is 5. The van der Waals surface area contributed by atoms with Gasteiger partial charge in [-0.2, -0.15) is 0 Å². The lowest BCUT2D eigenvalue weighted by Crippen LogP contribution is -1.98. The molecule has 1 aromatic heterocycles. The highest BCUT2D eigenvalue weighted by molar-refractivity contribution is 7.98. The molecule has 1 heterocycles. The van der Waals surface area contributed by atoms with Gasteiger partial charge in [0, 0.05) is 10.6 Å². The molecule has 1 aromatic carbocycles. The fourth-order valence-corrected chi connectivity index (χ4v) is 2.84. The van der Waals surface area contributed by atoms with E-state index in [-0.39, 0.29) is 0 Å². The first-order valence-corrected chi connectivity index (χ1v) is 7.85. The van der Waals surface area contributed by atoms with Crippen LogP contribution in [0.15, 0.2) is 35.2 Å². The van der Waals surface area contributed by atoms with E-state index in [0.717, 1.165) is 24.4 Å². The van der Waals surface area contributed by atoms with Crippen molar-refractivity contribution in [3.63, 3.8) is 0 Å². The van der Waals surface area contributed by atoms with E-state index in [1.54, 1.807) is 11.8 Å². The summed E-state index contributed by atoms with van der Waals surface area (Å²) in [7, 11) is 0. The first kappa shape index (κ1) is 14.3. The van der Waals surface area contributed by atoms with Crippen LogP contribution in [0.1, 0.15) is 30.4 Å². The highest BCUT2D eigenvalue weighted by Gasteiger charge is 2.01. The van der Waals surface area contributed by atoms with Crippen molar-refractivity contribution in [1.82, 2.24) is 9.97 Å². The highest BCUT2D eigenvalue weighted by atomic mass is 32.2. The van der Waals surface area contributed by atoms with E-state index in [9.17, 15) is 0 Å². The molecule has 0 aliphatic heterocycles. The first-order valence-electron chi connectivity index (χ1n) is 6.46. The number of nitrogens with zero attached hydrogens (tertiary/aromatic N) is 1. The maximum atomic E-state index is 5.21. The third kappa shape index (κ3) is 4.48. The van der Waals surface area contributed by atoms with Gasteiger partial charge in [0.2, 0.25) is 0 Å². The molecule has 0 amide bonds. The third-order valence-electron chi connectivity index (χ3n) is 2.76. The molecule has 2 aromatic rings. The molecule has 0 bridgehead atoms. The number of aryl methyl sites for hydroxylation is 2. The maximum Gasteiger partial charge on any atom is 0.130 e. The van der Waals surface area contributed by atoms with Crippen LogP contribution >= 0.6 is 24.0 Å². The van der Waals surface area contributed by atoms with Crippen molar-refractivity contribution in [2.24, 2.45) is 0 Å². The van der Waals surface area contributed by atoms with E-state index in [1.807, 2.05) is 6.07 Å². The summed E-state index contributed by atoms with van der Waals surface area (Å²) < 4.78 is 0.682. The summed E-state index contributed by atoms with van der Waals surface area (Å²) in [6.45, 7) is 4.26. The molecule has 0 saturated heterocycles. The van der Waals surface area contributed by atoms with Crippen molar-refractivity contribution in [2.45, 2.75) is 37.3 Å². The molecule has 1 N–H and O–H groups in total. The Morgan fingerprint density at radius 2 is 2.00 bits per heavy atom. The predicted molar refractivity (Wildman–Crippen MR) is 84.2 cm³/mol. The first-order chi connectivity index (χ1) is 9.17. The zero-order valence-corrected chi connectivity index (χ0v) is 12.9. The summed E-state index contributed by atoms with van der Waals surface area (Å²) >= 11 is 6.99. The Labute approximate surface area is 123 Å². The lowest BCUT2D eigenvalue weighted by molar-refractivity contribution is 0.850. The molecule has 0 saturated carbocycles. The van der Waals surface area contributed by atoms with Gasteiger partial charge in [-0.1, -0.05) is 43.3 Å². The smallest absolute Gasteiger partial charge is 0.130 e. The predicted octanol–water partition coefficient (Wildman–Crippen LogP) is 4.69. The van der Waals surface area contributed by atoms with E-state index in [0.29, 0.717) is 4.64 Å². The van der Waals surface area contributed by atoms with Gasteiger partial charge in [0.05, 0.1) is 5.75 Å². The SMILES string of the molecule is CCCc1cc(=S)nc(CSc2ccc(C)cc2)[nH]1. The van der Waals surface area contributed by atoms with Gasteiger partial charge in [-0.3, -0.25) is 0 Å². The molecule has 0 aliphatic carbocycles. The second kappa shape index (κ2) is 6.87. The van der Waals surface area contributed by atoms with Gasteiger partial charge in [-0.05, 0) is 31.5 Å². The zero-order valence-electron chi connectivity index (χ0n) is 11.3. The van der Waals surface area contributed by atoms with Crippen LogP contribution in [0.5, 0.6) is 0 Å². The van der Waals surface area contributed by atoms with Gasteiger partial charge in [0.15, 0.2) is 0 Å². The topological polar surface area (TPSA) is 28.7 Å². The normalized spacial score (nSPS) is 10.6. The van der Waals surface area contributed by atoms with Gasteiger partial charge in [-0.15, -0.1) is 11.8 Å². The molecule has 0 fully saturated rings. The zero-order chi connectivity index (χ0) is 13.7. The van der Waals surface area contributed by atoms with Crippen LogP contribution < -0.4 is 0 Å². The monoisotopic (exact) mass is 290 g/mol. The second-order valence-electron chi connectivity index (χ2n) is 4.54. The van der Waals surface area contributed by atoms with Crippen molar-refractivity contribution < 1.29 is 0 Å². The van der Waals surface area contributed by atoms with Crippen molar-refractivity contribution in [2.75, 3.05) is 0 Å². The Morgan fingerprint density at radius 3 is 2.68 bits per heavy atom. The fourth-order valence-electron chi connectivity index (χ4n) is 1.82. The van der Waals surface area contributed by atoms with E-state index in [2.05, 4.69) is 48.1 Å². The van der Waals surface area contributed by atoms with Crippen molar-refractivity contribution in [1.29, 1.82) is 0 Å². The van der Waals surface area contributed by atoms with Crippen molar-refractivity contribution in [3.8, 4) is 0 Å². The second-order valence-corrected chi connectivity index (χ2v) is 6.01. The number of thioether (sulfide) groups is 1. The summed E-state index contributed by atoms with van der Waals surface area (Å²) in [6, 6.07) is 10.5. The summed E-state index contributed by atoms with van der Waals surface area (Å²) in [4.78, 5) is 9.01. The number of H-pyrrole nitrogens is 1. The Hall–Kier alpha value is -1.13. The Morgan fingerprint density at radius 1 is 1.26 bits per heavy atom. The summed E-state index contributed by atoms with van der Waals surface area (Å²) in [5, 5.41) is 0. The fraction of sp³-hybridized carbons (Fsp3) is 0.333. The molecule has 0 unspecified atom stereocenters. The molecule has 0 spiro atoms. The number of nitrogens with one attached hydrogen (secondary N) is 1. The molecule has 2 rings (SSSR count). The summed E-state index contributed by atoms with van der Waals surface area (Å²) in [6.07, 6.45) is 2.13. The van der Waals surface area contributed by atoms with Crippen LogP contribution in [0.2, 0.25) is 0 Å². The van der Waals surface area contributed by atoms with E-state index in [4.69, 9.17) is 12.2 Å². The number of aromatic nitrogens is 2. The standard InChI is InChI=1S/C15H18N2S2/c1-3-4-12-9-15(18)17-14(16-12)10-19-13-7-5-11(2)6-8-13/h5-9H,3-4,10H2,1-2H3,(H,16,17,18). The van der Waals surface area contributed by atoms with E-state index in [1.165, 1.54) is 16.2 Å². The number of benzene rings is 1. The van der Waals surface area contributed by atoms with Gasteiger partial charge < -0.3 is 4.98 Å². The third-order valence-corrected chi connectivity index (χ3v) is 4.00.